The second-order valence-electron chi connectivity index (χ2n) is 8.51. The van der Waals surface area contributed by atoms with Crippen molar-refractivity contribution in [1.29, 1.82) is 0 Å². The van der Waals surface area contributed by atoms with E-state index in [0.29, 0.717) is 36.8 Å². The lowest BCUT2D eigenvalue weighted by Crippen LogP contribution is -2.50. The van der Waals surface area contributed by atoms with E-state index in [-0.39, 0.29) is 11.8 Å². The van der Waals surface area contributed by atoms with Gasteiger partial charge in [-0.25, -0.2) is 0 Å². The molecule has 0 bridgehead atoms. The van der Waals surface area contributed by atoms with E-state index < -0.39 is 6.04 Å². The second kappa shape index (κ2) is 9.87. The number of ether oxygens (including phenoxy) is 1. The minimum atomic E-state index is -0.656. The summed E-state index contributed by atoms with van der Waals surface area (Å²) < 4.78 is 5.48. The van der Waals surface area contributed by atoms with Crippen LogP contribution in [-0.2, 0) is 22.5 Å². The van der Waals surface area contributed by atoms with Gasteiger partial charge in [0, 0.05) is 26.1 Å². The largest absolute Gasteiger partial charge is 0.378 e. The molecule has 0 spiro atoms. The van der Waals surface area contributed by atoms with Crippen LogP contribution in [-0.4, -0.2) is 49.1 Å². The molecule has 2 heterocycles. The fraction of sp³-hybridized carbons (Fsp3) is 0.259. The zero-order valence-corrected chi connectivity index (χ0v) is 19.5. The van der Waals surface area contributed by atoms with E-state index in [1.807, 2.05) is 48.5 Å². The average Bonchev–Trinajstić information content (AvgIpc) is 2.88. The molecule has 174 valence electrons. The smallest absolute Gasteiger partial charge is 0.256 e. The van der Waals surface area contributed by atoms with E-state index in [1.165, 1.54) is 0 Å². The van der Waals surface area contributed by atoms with E-state index in [4.69, 9.17) is 16.3 Å². The van der Waals surface area contributed by atoms with Gasteiger partial charge in [0.15, 0.2) is 0 Å². The predicted octanol–water partition coefficient (Wildman–Crippen LogP) is 4.38. The van der Waals surface area contributed by atoms with Gasteiger partial charge in [-0.15, -0.1) is 0 Å². The third kappa shape index (κ3) is 4.52. The highest BCUT2D eigenvalue weighted by Crippen LogP contribution is 2.30. The van der Waals surface area contributed by atoms with Gasteiger partial charge in [0.25, 0.3) is 5.91 Å². The van der Waals surface area contributed by atoms with Crippen LogP contribution in [0.5, 0.6) is 0 Å². The quantitative estimate of drug-likeness (QED) is 0.608. The molecule has 0 aromatic heterocycles. The molecular weight excluding hydrogens is 450 g/mol. The Kier molecular flexibility index (Phi) is 6.52. The van der Waals surface area contributed by atoms with Crippen LogP contribution in [0.1, 0.15) is 21.5 Å². The van der Waals surface area contributed by atoms with Gasteiger partial charge in [-0.1, -0.05) is 60.1 Å². The number of nitrogens with one attached hydrogen (secondary N) is 1. The lowest BCUT2D eigenvalue weighted by atomic mass is 9.92. The van der Waals surface area contributed by atoms with E-state index in [1.54, 1.807) is 29.2 Å². The number of hydrogen-bond donors (Lipinski definition) is 1. The maximum Gasteiger partial charge on any atom is 0.256 e. The number of fused-ring (bicyclic) bond motifs is 1. The summed E-state index contributed by atoms with van der Waals surface area (Å²) in [5, 5.41) is 3.49. The Bertz CT molecular complexity index is 1210. The van der Waals surface area contributed by atoms with Gasteiger partial charge < -0.3 is 19.9 Å². The highest BCUT2D eigenvalue weighted by Gasteiger charge is 2.36. The van der Waals surface area contributed by atoms with Crippen molar-refractivity contribution in [1.82, 2.24) is 4.90 Å². The summed E-state index contributed by atoms with van der Waals surface area (Å²) in [4.78, 5) is 31.1. The number of carbonyl (C=O) groups excluding carboxylic acids is 2. The number of para-hydroxylation sites is 2. The number of benzene rings is 3. The average molecular weight is 476 g/mol. The first-order valence-corrected chi connectivity index (χ1v) is 11.8. The molecule has 1 fully saturated rings. The summed E-state index contributed by atoms with van der Waals surface area (Å²) in [5.41, 5.74) is 4.21. The molecule has 6 nitrogen and oxygen atoms in total. The van der Waals surface area contributed by atoms with Crippen molar-refractivity contribution in [3.8, 4) is 0 Å². The van der Waals surface area contributed by atoms with Gasteiger partial charge >= 0.3 is 0 Å². The minimum Gasteiger partial charge on any atom is -0.378 e. The summed E-state index contributed by atoms with van der Waals surface area (Å²) in [6.07, 6.45) is 0.442. The summed E-state index contributed by atoms with van der Waals surface area (Å²) in [6, 6.07) is 22.0. The van der Waals surface area contributed by atoms with E-state index in [2.05, 4.69) is 10.2 Å². The number of amides is 2. The van der Waals surface area contributed by atoms with Crippen molar-refractivity contribution in [2.75, 3.05) is 36.5 Å². The minimum absolute atomic E-state index is 0.212. The molecule has 34 heavy (non-hydrogen) atoms. The summed E-state index contributed by atoms with van der Waals surface area (Å²) >= 11 is 6.34. The summed E-state index contributed by atoms with van der Waals surface area (Å²) in [7, 11) is 0. The molecule has 1 unspecified atom stereocenters. The number of hydrogen-bond acceptors (Lipinski definition) is 4. The molecular formula is C27H26ClN3O3. The Morgan fingerprint density at radius 3 is 2.35 bits per heavy atom. The number of morpholine rings is 1. The van der Waals surface area contributed by atoms with Crippen LogP contribution in [0.3, 0.4) is 0 Å². The molecule has 2 amide bonds. The van der Waals surface area contributed by atoms with Crippen LogP contribution in [0.15, 0.2) is 72.8 Å². The number of anilines is 2. The monoisotopic (exact) mass is 475 g/mol. The van der Waals surface area contributed by atoms with E-state index in [9.17, 15) is 9.59 Å². The molecule has 0 aliphatic carbocycles. The topological polar surface area (TPSA) is 61.9 Å². The number of nitrogens with zero attached hydrogens (tertiary/aromatic N) is 2. The normalized spacial score (nSPS) is 17.7. The molecule has 5 rings (SSSR count). The number of halogens is 1. The fourth-order valence-corrected chi connectivity index (χ4v) is 4.85. The lowest BCUT2D eigenvalue weighted by Gasteiger charge is -2.37. The first-order chi connectivity index (χ1) is 16.6. The molecule has 2 aliphatic rings. The maximum atomic E-state index is 13.7. The van der Waals surface area contributed by atoms with Crippen molar-refractivity contribution in [3.63, 3.8) is 0 Å². The second-order valence-corrected chi connectivity index (χ2v) is 8.91. The van der Waals surface area contributed by atoms with Gasteiger partial charge in [-0.3, -0.25) is 9.59 Å². The maximum absolute atomic E-state index is 13.7. The summed E-state index contributed by atoms with van der Waals surface area (Å²) in [6.45, 7) is 3.19. The molecule has 1 atom stereocenters. The Morgan fingerprint density at radius 2 is 1.56 bits per heavy atom. The van der Waals surface area contributed by atoms with Crippen LogP contribution < -0.4 is 10.2 Å². The number of carbonyl (C=O) groups is 2. The highest BCUT2D eigenvalue weighted by atomic mass is 35.5. The standard InChI is InChI=1S/C27H26ClN3O3/c28-22-10-4-3-9-21(22)27(33)31-18-20-8-2-1-7-19(20)17-25(31)26(32)29-23-11-5-6-12-24(23)30-13-15-34-16-14-30/h1-12,25H,13-18H2,(H,29,32). The van der Waals surface area contributed by atoms with Crippen molar-refractivity contribution < 1.29 is 14.3 Å². The third-order valence-corrected chi connectivity index (χ3v) is 6.76. The van der Waals surface area contributed by atoms with Crippen molar-refractivity contribution in [2.45, 2.75) is 19.0 Å². The zero-order chi connectivity index (χ0) is 23.5. The molecule has 7 heteroatoms. The Balaban J connectivity index is 1.45. The first kappa shape index (κ1) is 22.4. The molecule has 1 saturated heterocycles. The first-order valence-electron chi connectivity index (χ1n) is 11.5. The Hall–Kier alpha value is -3.35. The Morgan fingerprint density at radius 1 is 0.882 bits per heavy atom. The molecule has 0 saturated carbocycles. The van der Waals surface area contributed by atoms with Gasteiger partial charge in [0.2, 0.25) is 5.91 Å². The molecule has 3 aromatic carbocycles. The SMILES string of the molecule is O=C(Nc1ccccc1N1CCOCC1)C1Cc2ccccc2CN1C(=O)c1ccccc1Cl. The van der Waals surface area contributed by atoms with Crippen molar-refractivity contribution in [2.24, 2.45) is 0 Å². The summed E-state index contributed by atoms with van der Waals surface area (Å²) in [5.74, 6) is -0.461. The van der Waals surface area contributed by atoms with Crippen LogP contribution in [0.4, 0.5) is 11.4 Å². The molecule has 1 N–H and O–H groups in total. The molecule has 0 radical (unpaired) electrons. The van der Waals surface area contributed by atoms with Gasteiger partial charge in [0.05, 0.1) is 35.2 Å². The van der Waals surface area contributed by atoms with Crippen molar-refractivity contribution >= 4 is 34.8 Å². The molecule has 3 aromatic rings. The van der Waals surface area contributed by atoms with Crippen LogP contribution in [0.2, 0.25) is 5.02 Å². The Labute approximate surface area is 204 Å². The fourth-order valence-electron chi connectivity index (χ4n) is 4.64. The van der Waals surface area contributed by atoms with Gasteiger partial charge in [0.1, 0.15) is 6.04 Å². The number of rotatable bonds is 4. The van der Waals surface area contributed by atoms with E-state index in [0.717, 1.165) is 35.6 Å². The van der Waals surface area contributed by atoms with Gasteiger partial charge in [-0.05, 0) is 35.4 Å². The third-order valence-electron chi connectivity index (χ3n) is 6.43. The van der Waals surface area contributed by atoms with Gasteiger partial charge in [-0.2, -0.15) is 0 Å². The van der Waals surface area contributed by atoms with Crippen LogP contribution in [0.25, 0.3) is 0 Å². The highest BCUT2D eigenvalue weighted by molar-refractivity contribution is 6.33. The zero-order valence-electron chi connectivity index (χ0n) is 18.7. The van der Waals surface area contributed by atoms with Crippen LogP contribution >= 0.6 is 11.6 Å². The van der Waals surface area contributed by atoms with Crippen molar-refractivity contribution in [3.05, 3.63) is 94.5 Å². The van der Waals surface area contributed by atoms with Crippen LogP contribution in [0, 0.1) is 0 Å². The lowest BCUT2D eigenvalue weighted by molar-refractivity contribution is -0.121. The van der Waals surface area contributed by atoms with E-state index >= 15 is 0 Å². The molecule has 2 aliphatic heterocycles. The predicted molar refractivity (Wildman–Crippen MR) is 133 cm³/mol.